The summed E-state index contributed by atoms with van der Waals surface area (Å²) in [5.41, 5.74) is 5.55. The maximum atomic E-state index is 12.6. The number of fused-ring (bicyclic) bond motifs is 1. The zero-order valence-electron chi connectivity index (χ0n) is 12.2. The van der Waals surface area contributed by atoms with Gasteiger partial charge in [-0.1, -0.05) is 0 Å². The highest BCUT2D eigenvalue weighted by atomic mass is 19.4. The van der Waals surface area contributed by atoms with Gasteiger partial charge in [0.15, 0.2) is 5.65 Å². The summed E-state index contributed by atoms with van der Waals surface area (Å²) >= 11 is 0. The number of hydrogen-bond acceptors (Lipinski definition) is 6. The Morgan fingerprint density at radius 2 is 1.96 bits per heavy atom. The fourth-order valence-electron chi connectivity index (χ4n) is 2.32. The SMILES string of the molecule is Nc1ncnc2c1c(Oc1ccc(C(F)(F)F)cn1)nn2C1CC1. The number of nitrogen functional groups attached to an aromatic ring is 1. The minimum atomic E-state index is -4.45. The van der Waals surface area contributed by atoms with Gasteiger partial charge in [0, 0.05) is 12.3 Å². The monoisotopic (exact) mass is 336 g/mol. The fourth-order valence-corrected chi connectivity index (χ4v) is 2.32. The first kappa shape index (κ1) is 14.7. The third kappa shape index (κ3) is 2.49. The van der Waals surface area contributed by atoms with Gasteiger partial charge < -0.3 is 10.5 Å². The first-order chi connectivity index (χ1) is 11.4. The van der Waals surface area contributed by atoms with Crippen LogP contribution in [0.1, 0.15) is 24.4 Å². The zero-order chi connectivity index (χ0) is 16.9. The fraction of sp³-hybridized carbons (Fsp3) is 0.286. The molecule has 1 saturated carbocycles. The number of pyridine rings is 1. The molecule has 0 amide bonds. The van der Waals surface area contributed by atoms with Crippen molar-refractivity contribution in [3.05, 3.63) is 30.2 Å². The quantitative estimate of drug-likeness (QED) is 0.790. The number of anilines is 1. The molecular weight excluding hydrogens is 325 g/mol. The van der Waals surface area contributed by atoms with Crippen LogP contribution in [-0.2, 0) is 6.18 Å². The van der Waals surface area contributed by atoms with Crippen molar-refractivity contribution in [2.45, 2.75) is 25.1 Å². The number of nitrogens with two attached hydrogens (primary N) is 1. The number of alkyl halides is 3. The van der Waals surface area contributed by atoms with E-state index in [1.807, 2.05) is 0 Å². The second kappa shape index (κ2) is 5.05. The van der Waals surface area contributed by atoms with Crippen molar-refractivity contribution in [2.75, 3.05) is 5.73 Å². The Kier molecular flexibility index (Phi) is 3.08. The van der Waals surface area contributed by atoms with E-state index in [9.17, 15) is 13.2 Å². The van der Waals surface area contributed by atoms with Crippen LogP contribution in [0.4, 0.5) is 19.0 Å². The zero-order valence-corrected chi connectivity index (χ0v) is 12.2. The maximum absolute atomic E-state index is 12.6. The molecule has 2 N–H and O–H groups in total. The van der Waals surface area contributed by atoms with Crippen LogP contribution < -0.4 is 10.5 Å². The number of hydrogen-bond donors (Lipinski definition) is 1. The van der Waals surface area contributed by atoms with Crippen molar-refractivity contribution in [3.63, 3.8) is 0 Å². The van der Waals surface area contributed by atoms with Gasteiger partial charge in [-0.3, -0.25) is 0 Å². The van der Waals surface area contributed by atoms with E-state index in [1.54, 1.807) is 4.68 Å². The second-order valence-corrected chi connectivity index (χ2v) is 5.42. The van der Waals surface area contributed by atoms with Crippen molar-refractivity contribution < 1.29 is 17.9 Å². The Bertz CT molecular complexity index is 901. The van der Waals surface area contributed by atoms with Gasteiger partial charge >= 0.3 is 6.18 Å². The summed E-state index contributed by atoms with van der Waals surface area (Å²) in [7, 11) is 0. The molecule has 10 heteroatoms. The maximum Gasteiger partial charge on any atom is 0.417 e. The Balaban J connectivity index is 1.72. The van der Waals surface area contributed by atoms with E-state index in [0.717, 1.165) is 25.0 Å². The lowest BCUT2D eigenvalue weighted by Crippen LogP contribution is -2.05. The van der Waals surface area contributed by atoms with Crippen molar-refractivity contribution in [2.24, 2.45) is 0 Å². The standard InChI is InChI=1S/C14H11F3N6O/c15-14(16,17)7-1-4-9(19-5-7)24-13-10-11(18)20-6-21-12(10)23(22-13)8-2-3-8/h1,4-6,8H,2-3H2,(H2,18,20,21). The molecule has 0 aromatic carbocycles. The Hall–Kier alpha value is -2.91. The smallest absolute Gasteiger partial charge is 0.417 e. The molecule has 0 unspecified atom stereocenters. The third-order valence-corrected chi connectivity index (χ3v) is 3.64. The van der Waals surface area contributed by atoms with Crippen molar-refractivity contribution in [3.8, 4) is 11.8 Å². The Morgan fingerprint density at radius 3 is 2.58 bits per heavy atom. The summed E-state index contributed by atoms with van der Waals surface area (Å²) in [6.45, 7) is 0. The van der Waals surface area contributed by atoms with Gasteiger partial charge in [-0.15, -0.1) is 5.10 Å². The van der Waals surface area contributed by atoms with Crippen molar-refractivity contribution in [1.29, 1.82) is 0 Å². The highest BCUT2D eigenvalue weighted by molar-refractivity contribution is 5.90. The minimum Gasteiger partial charge on any atom is -0.418 e. The molecule has 1 fully saturated rings. The molecular formula is C14H11F3N6O. The summed E-state index contributed by atoms with van der Waals surface area (Å²) in [5.74, 6) is 0.296. The van der Waals surface area contributed by atoms with Crippen molar-refractivity contribution >= 4 is 16.9 Å². The normalized spacial score (nSPS) is 15.0. The van der Waals surface area contributed by atoms with Crippen LogP contribution >= 0.6 is 0 Å². The molecule has 1 aliphatic carbocycles. The molecule has 0 spiro atoms. The highest BCUT2D eigenvalue weighted by Crippen LogP contribution is 2.40. The summed E-state index contributed by atoms with van der Waals surface area (Å²) in [6.07, 6.45) is -0.477. The van der Waals surface area contributed by atoms with Gasteiger partial charge in [0.2, 0.25) is 5.88 Å². The van der Waals surface area contributed by atoms with Crippen LogP contribution in [0.25, 0.3) is 11.0 Å². The lowest BCUT2D eigenvalue weighted by Gasteiger charge is -2.07. The van der Waals surface area contributed by atoms with Crippen LogP contribution in [0, 0.1) is 0 Å². The van der Waals surface area contributed by atoms with Crippen LogP contribution in [-0.4, -0.2) is 24.7 Å². The molecule has 24 heavy (non-hydrogen) atoms. The van der Waals surface area contributed by atoms with Crippen LogP contribution in [0.5, 0.6) is 11.8 Å². The third-order valence-electron chi connectivity index (χ3n) is 3.64. The van der Waals surface area contributed by atoms with E-state index >= 15 is 0 Å². The van der Waals surface area contributed by atoms with E-state index in [1.165, 1.54) is 6.33 Å². The average Bonchev–Trinajstić information content (AvgIpc) is 3.30. The Labute approximate surface area is 133 Å². The summed E-state index contributed by atoms with van der Waals surface area (Å²) in [5, 5.41) is 4.75. The first-order valence-corrected chi connectivity index (χ1v) is 7.13. The van der Waals surface area contributed by atoms with E-state index < -0.39 is 11.7 Å². The Morgan fingerprint density at radius 1 is 1.17 bits per heavy atom. The van der Waals surface area contributed by atoms with E-state index in [0.29, 0.717) is 17.2 Å². The molecule has 0 radical (unpaired) electrons. The predicted octanol–water partition coefficient (Wildman–Crippen LogP) is 2.95. The summed E-state index contributed by atoms with van der Waals surface area (Å²) in [6, 6.07) is 2.24. The van der Waals surface area contributed by atoms with Crippen LogP contribution in [0.2, 0.25) is 0 Å². The average molecular weight is 336 g/mol. The van der Waals surface area contributed by atoms with Gasteiger partial charge in [-0.2, -0.15) is 13.2 Å². The molecule has 1 aliphatic rings. The van der Waals surface area contributed by atoms with Gasteiger partial charge in [-0.05, 0) is 18.9 Å². The van der Waals surface area contributed by atoms with E-state index in [4.69, 9.17) is 10.5 Å². The highest BCUT2D eigenvalue weighted by Gasteiger charge is 2.31. The van der Waals surface area contributed by atoms with Gasteiger partial charge in [0.1, 0.15) is 17.5 Å². The van der Waals surface area contributed by atoms with Gasteiger partial charge in [0.25, 0.3) is 5.88 Å². The van der Waals surface area contributed by atoms with E-state index in [-0.39, 0.29) is 23.6 Å². The molecule has 0 atom stereocenters. The van der Waals surface area contributed by atoms with Gasteiger partial charge in [-0.25, -0.2) is 19.6 Å². The lowest BCUT2D eigenvalue weighted by molar-refractivity contribution is -0.137. The molecule has 0 bridgehead atoms. The number of halogens is 3. The van der Waals surface area contributed by atoms with Crippen LogP contribution in [0.15, 0.2) is 24.7 Å². The molecule has 0 aliphatic heterocycles. The number of rotatable bonds is 3. The number of nitrogens with zero attached hydrogens (tertiary/aromatic N) is 5. The summed E-state index contributed by atoms with van der Waals surface area (Å²) < 4.78 is 45.0. The largest absolute Gasteiger partial charge is 0.418 e. The minimum absolute atomic E-state index is 0.0198. The first-order valence-electron chi connectivity index (χ1n) is 7.13. The molecule has 3 heterocycles. The van der Waals surface area contributed by atoms with E-state index in [2.05, 4.69) is 20.1 Å². The van der Waals surface area contributed by atoms with Crippen molar-refractivity contribution in [1.82, 2.24) is 24.7 Å². The lowest BCUT2D eigenvalue weighted by atomic mass is 10.3. The number of aromatic nitrogens is 5. The molecule has 3 aromatic heterocycles. The predicted molar refractivity (Wildman–Crippen MR) is 77.3 cm³/mol. The molecule has 7 nitrogen and oxygen atoms in total. The molecule has 4 rings (SSSR count). The topological polar surface area (TPSA) is 91.7 Å². The molecule has 3 aromatic rings. The summed E-state index contributed by atoms with van der Waals surface area (Å²) in [4.78, 5) is 11.8. The number of ether oxygens (including phenoxy) is 1. The second-order valence-electron chi connectivity index (χ2n) is 5.42. The van der Waals surface area contributed by atoms with Crippen LogP contribution in [0.3, 0.4) is 0 Å². The molecule has 0 saturated heterocycles. The molecule has 124 valence electrons. The van der Waals surface area contributed by atoms with Gasteiger partial charge in [0.05, 0.1) is 11.6 Å².